The maximum absolute atomic E-state index is 5.51. The molecule has 0 aromatic heterocycles. The summed E-state index contributed by atoms with van der Waals surface area (Å²) in [4.78, 5) is 0. The first-order valence-electron chi connectivity index (χ1n) is 3.43. The summed E-state index contributed by atoms with van der Waals surface area (Å²) in [6.45, 7) is 5.80. The fraction of sp³-hybridized carbons (Fsp3) is 0.333. The molecule has 0 radical (unpaired) electrons. The van der Waals surface area contributed by atoms with Crippen LogP contribution < -0.4 is 0 Å². The number of hydrogen-bond donors (Lipinski definition) is 0. The van der Waals surface area contributed by atoms with Crippen LogP contribution in [0.1, 0.15) is 6.92 Å². The van der Waals surface area contributed by atoms with Gasteiger partial charge >= 0.3 is 0 Å². The zero-order valence-electron chi connectivity index (χ0n) is 6.00. The van der Waals surface area contributed by atoms with E-state index in [2.05, 4.69) is 19.6 Å². The lowest BCUT2D eigenvalue weighted by molar-refractivity contribution is 0.336. The highest BCUT2D eigenvalue weighted by Gasteiger charge is 2.62. The van der Waals surface area contributed by atoms with Crippen LogP contribution >= 0.6 is 0 Å². The SMILES string of the molecule is C=CC12C=CC=CC1(C)O2. The van der Waals surface area contributed by atoms with E-state index >= 15 is 0 Å². The van der Waals surface area contributed by atoms with E-state index in [0.717, 1.165) is 0 Å². The lowest BCUT2D eigenvalue weighted by Crippen LogP contribution is -2.17. The summed E-state index contributed by atoms with van der Waals surface area (Å²) in [5.74, 6) is 0. The molecule has 0 N–H and O–H groups in total. The zero-order valence-corrected chi connectivity index (χ0v) is 6.00. The van der Waals surface area contributed by atoms with Gasteiger partial charge in [-0.1, -0.05) is 24.8 Å². The fourth-order valence-corrected chi connectivity index (χ4v) is 1.44. The number of fused-ring (bicyclic) bond motifs is 1. The van der Waals surface area contributed by atoms with Crippen LogP contribution in [0, 0.1) is 0 Å². The second kappa shape index (κ2) is 1.43. The molecule has 1 aliphatic heterocycles. The molecular weight excluding hydrogens is 124 g/mol. The van der Waals surface area contributed by atoms with Crippen molar-refractivity contribution in [3.05, 3.63) is 37.0 Å². The van der Waals surface area contributed by atoms with Gasteiger partial charge in [0.15, 0.2) is 0 Å². The van der Waals surface area contributed by atoms with Crippen LogP contribution in [0.25, 0.3) is 0 Å². The molecule has 1 nitrogen and oxygen atoms in total. The van der Waals surface area contributed by atoms with E-state index in [1.54, 1.807) is 0 Å². The summed E-state index contributed by atoms with van der Waals surface area (Å²) in [6.07, 6.45) is 9.97. The smallest absolute Gasteiger partial charge is 0.138 e. The third kappa shape index (κ3) is 0.469. The highest BCUT2D eigenvalue weighted by atomic mass is 16.6. The molecule has 1 heteroatoms. The molecule has 1 saturated heterocycles. The first-order chi connectivity index (χ1) is 4.72. The molecular formula is C9H10O. The Balaban J connectivity index is 2.41. The Morgan fingerprint density at radius 3 is 2.60 bits per heavy atom. The van der Waals surface area contributed by atoms with Crippen LogP contribution in [0.3, 0.4) is 0 Å². The van der Waals surface area contributed by atoms with Crippen LogP contribution in [0.5, 0.6) is 0 Å². The minimum absolute atomic E-state index is 0.0938. The Morgan fingerprint density at radius 2 is 2.10 bits per heavy atom. The number of hydrogen-bond acceptors (Lipinski definition) is 1. The van der Waals surface area contributed by atoms with E-state index < -0.39 is 0 Å². The van der Waals surface area contributed by atoms with Crippen LogP contribution in [-0.4, -0.2) is 11.2 Å². The summed E-state index contributed by atoms with van der Waals surface area (Å²) in [7, 11) is 0. The summed E-state index contributed by atoms with van der Waals surface area (Å²) in [5.41, 5.74) is -0.273. The van der Waals surface area contributed by atoms with Crippen LogP contribution in [0.2, 0.25) is 0 Å². The van der Waals surface area contributed by atoms with Crippen molar-refractivity contribution in [3.63, 3.8) is 0 Å². The Morgan fingerprint density at radius 1 is 1.40 bits per heavy atom. The van der Waals surface area contributed by atoms with Crippen molar-refractivity contribution in [2.75, 3.05) is 0 Å². The predicted octanol–water partition coefficient (Wildman–Crippen LogP) is 1.83. The number of rotatable bonds is 1. The van der Waals surface area contributed by atoms with Gasteiger partial charge in [0, 0.05) is 0 Å². The van der Waals surface area contributed by atoms with Gasteiger partial charge in [-0.15, -0.1) is 0 Å². The van der Waals surface area contributed by atoms with Crippen molar-refractivity contribution in [2.24, 2.45) is 0 Å². The first kappa shape index (κ1) is 5.93. The normalized spacial score (nSPS) is 48.5. The third-order valence-electron chi connectivity index (χ3n) is 2.29. The number of ether oxygens (including phenoxy) is 1. The van der Waals surface area contributed by atoms with Crippen LogP contribution in [0.15, 0.2) is 37.0 Å². The summed E-state index contributed by atoms with van der Waals surface area (Å²) in [6, 6.07) is 0. The second-order valence-corrected chi connectivity index (χ2v) is 2.92. The van der Waals surface area contributed by atoms with E-state index in [4.69, 9.17) is 4.74 Å². The maximum atomic E-state index is 5.51. The summed E-state index contributed by atoms with van der Waals surface area (Å²) >= 11 is 0. The average molecular weight is 134 g/mol. The highest BCUT2D eigenvalue weighted by Crippen LogP contribution is 2.52. The molecule has 2 rings (SSSR count). The number of allylic oxidation sites excluding steroid dienone is 2. The van der Waals surface area contributed by atoms with E-state index in [1.807, 2.05) is 24.3 Å². The average Bonchev–Trinajstić information content (AvgIpc) is 2.56. The van der Waals surface area contributed by atoms with Gasteiger partial charge in [0.1, 0.15) is 11.2 Å². The second-order valence-electron chi connectivity index (χ2n) is 2.92. The molecule has 1 fully saturated rings. The van der Waals surface area contributed by atoms with Crippen molar-refractivity contribution < 1.29 is 4.74 Å². The molecule has 10 heavy (non-hydrogen) atoms. The van der Waals surface area contributed by atoms with Gasteiger partial charge < -0.3 is 4.74 Å². The minimum atomic E-state index is -0.179. The molecule has 2 atom stereocenters. The van der Waals surface area contributed by atoms with Gasteiger partial charge in [-0.05, 0) is 19.1 Å². The molecule has 52 valence electrons. The van der Waals surface area contributed by atoms with Crippen molar-refractivity contribution in [3.8, 4) is 0 Å². The van der Waals surface area contributed by atoms with E-state index in [1.165, 1.54) is 0 Å². The standard InChI is InChI=1S/C9H10O/c1-3-9-7-5-4-6-8(9,2)10-9/h3-7H,1H2,2H3. The van der Waals surface area contributed by atoms with Crippen LogP contribution in [0.4, 0.5) is 0 Å². The molecule has 0 bridgehead atoms. The lowest BCUT2D eigenvalue weighted by Gasteiger charge is -2.06. The van der Waals surface area contributed by atoms with E-state index in [9.17, 15) is 0 Å². The van der Waals surface area contributed by atoms with Crippen molar-refractivity contribution in [1.29, 1.82) is 0 Å². The van der Waals surface area contributed by atoms with Crippen molar-refractivity contribution in [2.45, 2.75) is 18.1 Å². The van der Waals surface area contributed by atoms with Gasteiger partial charge in [0.25, 0.3) is 0 Å². The Labute approximate surface area is 60.7 Å². The Bertz CT molecular complexity index is 239. The summed E-state index contributed by atoms with van der Waals surface area (Å²) in [5, 5.41) is 0. The fourth-order valence-electron chi connectivity index (χ4n) is 1.44. The van der Waals surface area contributed by atoms with Crippen LogP contribution in [-0.2, 0) is 4.74 Å². The molecule has 1 heterocycles. The van der Waals surface area contributed by atoms with E-state index in [-0.39, 0.29) is 11.2 Å². The molecule has 1 aliphatic carbocycles. The van der Waals surface area contributed by atoms with E-state index in [0.29, 0.717) is 0 Å². The van der Waals surface area contributed by atoms with Gasteiger partial charge in [-0.2, -0.15) is 0 Å². The molecule has 0 amide bonds. The first-order valence-corrected chi connectivity index (χ1v) is 3.43. The van der Waals surface area contributed by atoms with Crippen molar-refractivity contribution in [1.82, 2.24) is 0 Å². The highest BCUT2D eigenvalue weighted by molar-refractivity contribution is 5.42. The molecule has 0 aromatic rings. The third-order valence-corrected chi connectivity index (χ3v) is 2.29. The van der Waals surface area contributed by atoms with Gasteiger partial charge in [-0.3, -0.25) is 0 Å². The minimum Gasteiger partial charge on any atom is -0.349 e. The molecule has 0 spiro atoms. The molecule has 0 saturated carbocycles. The Hall–Kier alpha value is -0.820. The molecule has 2 aliphatic rings. The molecule has 0 aromatic carbocycles. The lowest BCUT2D eigenvalue weighted by atomic mass is 9.90. The monoisotopic (exact) mass is 134 g/mol. The maximum Gasteiger partial charge on any atom is 0.138 e. The van der Waals surface area contributed by atoms with Crippen molar-refractivity contribution >= 4 is 0 Å². The van der Waals surface area contributed by atoms with Gasteiger partial charge in [0.05, 0.1) is 0 Å². The number of epoxide rings is 1. The molecule has 2 unspecified atom stereocenters. The van der Waals surface area contributed by atoms with Gasteiger partial charge in [0.2, 0.25) is 0 Å². The summed E-state index contributed by atoms with van der Waals surface area (Å²) < 4.78 is 5.51. The topological polar surface area (TPSA) is 12.5 Å². The quantitative estimate of drug-likeness (QED) is 0.393. The van der Waals surface area contributed by atoms with Gasteiger partial charge in [-0.25, -0.2) is 0 Å². The predicted molar refractivity (Wildman–Crippen MR) is 40.7 cm³/mol. The Kier molecular flexibility index (Phi) is 0.847. The largest absolute Gasteiger partial charge is 0.349 e. The zero-order chi connectivity index (χ0) is 7.24.